The molecule has 0 bridgehead atoms. The van der Waals surface area contributed by atoms with E-state index in [0.717, 1.165) is 10.9 Å². The van der Waals surface area contributed by atoms with Gasteiger partial charge in [-0.3, -0.25) is 5.10 Å². The fraction of sp³-hybridized carbons (Fsp3) is 0.133. The van der Waals surface area contributed by atoms with E-state index in [9.17, 15) is 4.79 Å². The van der Waals surface area contributed by atoms with Crippen LogP contribution in [0.5, 0.6) is 0 Å². The van der Waals surface area contributed by atoms with Crippen molar-refractivity contribution in [2.24, 2.45) is 0 Å². The standard InChI is InChI=1S/C15H12ClN3O2/c1-2-21-15(20)12-13(18-19-14(12)16)11-8-7-9-5-3-4-6-10(9)17-11/h3-8H,2H2,1H3,(H,18,19). The average molecular weight is 302 g/mol. The van der Waals surface area contributed by atoms with Crippen LogP contribution in [0.4, 0.5) is 0 Å². The number of carbonyl (C=O) groups excluding carboxylic acids is 1. The fourth-order valence-electron chi connectivity index (χ4n) is 2.09. The monoisotopic (exact) mass is 301 g/mol. The topological polar surface area (TPSA) is 67.9 Å². The van der Waals surface area contributed by atoms with E-state index in [-0.39, 0.29) is 17.3 Å². The van der Waals surface area contributed by atoms with Gasteiger partial charge >= 0.3 is 5.97 Å². The molecule has 6 heteroatoms. The number of para-hydroxylation sites is 1. The summed E-state index contributed by atoms with van der Waals surface area (Å²) in [5.74, 6) is -0.513. The summed E-state index contributed by atoms with van der Waals surface area (Å²) in [6.45, 7) is 2.00. The maximum Gasteiger partial charge on any atom is 0.343 e. The van der Waals surface area contributed by atoms with Gasteiger partial charge in [-0.25, -0.2) is 9.78 Å². The molecule has 1 N–H and O–H groups in total. The zero-order valence-electron chi connectivity index (χ0n) is 11.3. The maximum atomic E-state index is 12.0. The molecule has 5 nitrogen and oxygen atoms in total. The number of esters is 1. The Bertz CT molecular complexity index is 814. The molecule has 0 spiro atoms. The number of hydrogen-bond donors (Lipinski definition) is 1. The SMILES string of the molecule is CCOC(=O)c1c(-c2ccc3ccccc3n2)n[nH]c1Cl. The summed E-state index contributed by atoms with van der Waals surface area (Å²) in [6.07, 6.45) is 0. The molecule has 0 fully saturated rings. The van der Waals surface area contributed by atoms with Crippen molar-refractivity contribution in [3.8, 4) is 11.4 Å². The van der Waals surface area contributed by atoms with E-state index in [1.54, 1.807) is 13.0 Å². The van der Waals surface area contributed by atoms with Crippen LogP contribution in [0.3, 0.4) is 0 Å². The first-order valence-electron chi connectivity index (χ1n) is 6.48. The van der Waals surface area contributed by atoms with Crippen LogP contribution in [0.25, 0.3) is 22.3 Å². The van der Waals surface area contributed by atoms with Gasteiger partial charge in [0.15, 0.2) is 0 Å². The van der Waals surface area contributed by atoms with Crippen molar-refractivity contribution in [3.63, 3.8) is 0 Å². The third-order valence-corrected chi connectivity index (χ3v) is 3.32. The number of H-pyrrole nitrogens is 1. The van der Waals surface area contributed by atoms with Crippen LogP contribution >= 0.6 is 11.6 Å². The van der Waals surface area contributed by atoms with Crippen LogP contribution in [0.1, 0.15) is 17.3 Å². The van der Waals surface area contributed by atoms with Gasteiger partial charge in [0.05, 0.1) is 17.8 Å². The average Bonchev–Trinajstić information content (AvgIpc) is 2.89. The smallest absolute Gasteiger partial charge is 0.343 e. The molecule has 0 atom stereocenters. The molecule has 1 aromatic carbocycles. The van der Waals surface area contributed by atoms with Crippen molar-refractivity contribution in [1.29, 1.82) is 0 Å². The van der Waals surface area contributed by atoms with Crippen molar-refractivity contribution < 1.29 is 9.53 Å². The number of nitrogens with zero attached hydrogens (tertiary/aromatic N) is 2. The Kier molecular flexibility index (Phi) is 3.58. The normalized spacial score (nSPS) is 10.8. The molecule has 0 amide bonds. The molecular formula is C15H12ClN3O2. The zero-order chi connectivity index (χ0) is 14.8. The van der Waals surface area contributed by atoms with Gasteiger partial charge < -0.3 is 4.74 Å². The van der Waals surface area contributed by atoms with Crippen molar-refractivity contribution in [3.05, 3.63) is 47.1 Å². The number of hydrogen-bond acceptors (Lipinski definition) is 4. The third kappa shape index (κ3) is 2.48. The molecule has 0 saturated carbocycles. The van der Waals surface area contributed by atoms with E-state index < -0.39 is 5.97 Å². The number of ether oxygens (including phenoxy) is 1. The zero-order valence-corrected chi connectivity index (χ0v) is 12.0. The largest absolute Gasteiger partial charge is 0.462 e. The van der Waals surface area contributed by atoms with E-state index in [1.165, 1.54) is 0 Å². The van der Waals surface area contributed by atoms with Gasteiger partial charge in [0.2, 0.25) is 0 Å². The first kappa shape index (κ1) is 13.6. The molecule has 3 aromatic rings. The number of aromatic nitrogens is 3. The van der Waals surface area contributed by atoms with Crippen LogP contribution in [-0.2, 0) is 4.74 Å². The lowest BCUT2D eigenvalue weighted by atomic mass is 10.1. The fourth-order valence-corrected chi connectivity index (χ4v) is 2.30. The predicted molar refractivity (Wildman–Crippen MR) is 80.3 cm³/mol. The molecule has 0 aliphatic rings. The summed E-state index contributed by atoms with van der Waals surface area (Å²) in [4.78, 5) is 16.5. The third-order valence-electron chi connectivity index (χ3n) is 3.04. The first-order chi connectivity index (χ1) is 10.2. The van der Waals surface area contributed by atoms with Crippen LogP contribution in [-0.4, -0.2) is 27.8 Å². The molecule has 2 aromatic heterocycles. The van der Waals surface area contributed by atoms with E-state index >= 15 is 0 Å². The number of carbonyl (C=O) groups is 1. The Morgan fingerprint density at radius 2 is 2.10 bits per heavy atom. The predicted octanol–water partition coefficient (Wildman–Crippen LogP) is 3.46. The van der Waals surface area contributed by atoms with Gasteiger partial charge in [0.25, 0.3) is 0 Å². The molecule has 0 saturated heterocycles. The summed E-state index contributed by atoms with van der Waals surface area (Å²) in [5.41, 5.74) is 1.99. The highest BCUT2D eigenvalue weighted by Crippen LogP contribution is 2.27. The van der Waals surface area contributed by atoms with E-state index in [2.05, 4.69) is 15.2 Å². The minimum Gasteiger partial charge on any atom is -0.462 e. The van der Waals surface area contributed by atoms with Gasteiger partial charge in [-0.05, 0) is 19.1 Å². The molecule has 21 heavy (non-hydrogen) atoms. The van der Waals surface area contributed by atoms with Gasteiger partial charge in [0, 0.05) is 5.39 Å². The Hall–Kier alpha value is -2.40. The molecule has 3 rings (SSSR count). The molecule has 0 aliphatic carbocycles. The second-order valence-electron chi connectivity index (χ2n) is 4.37. The highest BCUT2D eigenvalue weighted by atomic mass is 35.5. The molecule has 2 heterocycles. The lowest BCUT2D eigenvalue weighted by molar-refractivity contribution is 0.0527. The van der Waals surface area contributed by atoms with Gasteiger partial charge in [-0.1, -0.05) is 35.9 Å². The minimum absolute atomic E-state index is 0.151. The Balaban J connectivity index is 2.12. The van der Waals surface area contributed by atoms with Crippen LogP contribution in [0.2, 0.25) is 5.15 Å². The Labute approximate surface area is 125 Å². The lowest BCUT2D eigenvalue weighted by Gasteiger charge is -2.04. The summed E-state index contributed by atoms with van der Waals surface area (Å²) in [5, 5.41) is 7.84. The van der Waals surface area contributed by atoms with Crippen molar-refractivity contribution >= 4 is 28.5 Å². The summed E-state index contributed by atoms with van der Waals surface area (Å²) in [7, 11) is 0. The number of nitrogens with one attached hydrogen (secondary N) is 1. The second kappa shape index (κ2) is 5.54. The molecule has 0 radical (unpaired) electrons. The molecule has 0 aliphatic heterocycles. The molecule has 0 unspecified atom stereocenters. The number of halogens is 1. The minimum atomic E-state index is -0.513. The number of fused-ring (bicyclic) bond motifs is 1. The first-order valence-corrected chi connectivity index (χ1v) is 6.85. The second-order valence-corrected chi connectivity index (χ2v) is 4.75. The lowest BCUT2D eigenvalue weighted by Crippen LogP contribution is -2.06. The molecule has 106 valence electrons. The van der Waals surface area contributed by atoms with E-state index in [4.69, 9.17) is 16.3 Å². The number of rotatable bonds is 3. The number of benzene rings is 1. The van der Waals surface area contributed by atoms with E-state index in [1.807, 2.05) is 30.3 Å². The van der Waals surface area contributed by atoms with Crippen molar-refractivity contribution in [2.75, 3.05) is 6.61 Å². The van der Waals surface area contributed by atoms with Crippen molar-refractivity contribution in [1.82, 2.24) is 15.2 Å². The van der Waals surface area contributed by atoms with Gasteiger partial charge in [-0.15, -0.1) is 0 Å². The Morgan fingerprint density at radius 1 is 1.29 bits per heavy atom. The van der Waals surface area contributed by atoms with Crippen LogP contribution in [0.15, 0.2) is 36.4 Å². The van der Waals surface area contributed by atoms with Gasteiger partial charge in [0.1, 0.15) is 16.4 Å². The Morgan fingerprint density at radius 3 is 2.90 bits per heavy atom. The van der Waals surface area contributed by atoms with E-state index in [0.29, 0.717) is 11.4 Å². The highest BCUT2D eigenvalue weighted by molar-refractivity contribution is 6.33. The quantitative estimate of drug-likeness (QED) is 0.752. The highest BCUT2D eigenvalue weighted by Gasteiger charge is 2.22. The van der Waals surface area contributed by atoms with Crippen molar-refractivity contribution in [2.45, 2.75) is 6.92 Å². The van der Waals surface area contributed by atoms with Gasteiger partial charge in [-0.2, -0.15) is 5.10 Å². The molecular weight excluding hydrogens is 290 g/mol. The summed E-state index contributed by atoms with van der Waals surface area (Å²) >= 11 is 6.00. The summed E-state index contributed by atoms with van der Waals surface area (Å²) in [6, 6.07) is 11.4. The summed E-state index contributed by atoms with van der Waals surface area (Å²) < 4.78 is 5.01. The number of pyridine rings is 1. The number of aromatic amines is 1. The van der Waals surface area contributed by atoms with Crippen LogP contribution < -0.4 is 0 Å². The maximum absolute atomic E-state index is 12.0. The van der Waals surface area contributed by atoms with Crippen LogP contribution in [0, 0.1) is 0 Å².